The Morgan fingerprint density at radius 3 is 2.42 bits per heavy atom. The van der Waals surface area contributed by atoms with Crippen LogP contribution in [0, 0.1) is 0 Å². The van der Waals surface area contributed by atoms with Gasteiger partial charge in [-0.25, -0.2) is 4.99 Å². The highest BCUT2D eigenvalue weighted by molar-refractivity contribution is 9.10. The molecule has 0 unspecified atom stereocenters. The number of para-hydroxylation sites is 1. The van der Waals surface area contributed by atoms with Crippen molar-refractivity contribution in [2.45, 2.75) is 6.54 Å². The van der Waals surface area contributed by atoms with Crippen LogP contribution >= 0.6 is 27.7 Å². The van der Waals surface area contributed by atoms with Crippen LogP contribution in [-0.4, -0.2) is 22.8 Å². The Labute approximate surface area is 192 Å². The van der Waals surface area contributed by atoms with Gasteiger partial charge in [-0.05, 0) is 53.2 Å². The summed E-state index contributed by atoms with van der Waals surface area (Å²) in [5.41, 5.74) is 2.70. The number of hydrogen-bond acceptors (Lipinski definition) is 5. The smallest absolute Gasteiger partial charge is 0.267 e. The summed E-state index contributed by atoms with van der Waals surface area (Å²) in [6.07, 6.45) is 1.87. The van der Waals surface area contributed by atoms with Crippen LogP contribution in [-0.2, 0) is 11.3 Å². The number of ether oxygens (including phenoxy) is 2. The lowest BCUT2D eigenvalue weighted by atomic mass is 10.1. The molecule has 1 fully saturated rings. The lowest BCUT2D eigenvalue weighted by Crippen LogP contribution is -2.28. The van der Waals surface area contributed by atoms with E-state index in [1.807, 2.05) is 78.9 Å². The number of carbonyl (C=O) groups is 1. The second-order valence-electron chi connectivity index (χ2n) is 6.94. The number of aliphatic imine (C=N–C) groups is 1. The maximum Gasteiger partial charge on any atom is 0.267 e. The first-order valence-corrected chi connectivity index (χ1v) is 11.3. The second kappa shape index (κ2) is 8.61. The first-order chi connectivity index (χ1) is 15.2. The Morgan fingerprint density at radius 2 is 1.68 bits per heavy atom. The van der Waals surface area contributed by atoms with Crippen molar-refractivity contribution in [1.29, 1.82) is 0 Å². The number of halogens is 1. The van der Waals surface area contributed by atoms with E-state index < -0.39 is 0 Å². The Morgan fingerprint density at radius 1 is 1.00 bits per heavy atom. The van der Waals surface area contributed by atoms with E-state index in [1.165, 1.54) is 11.8 Å². The Bertz CT molecular complexity index is 1200. The summed E-state index contributed by atoms with van der Waals surface area (Å²) in [5, 5.41) is 0.656. The fraction of sp³-hybridized carbons (Fsp3) is 0.0833. The Hall–Kier alpha value is -3.03. The summed E-state index contributed by atoms with van der Waals surface area (Å²) in [7, 11) is 0. The van der Waals surface area contributed by atoms with Crippen molar-refractivity contribution < 1.29 is 14.3 Å². The van der Waals surface area contributed by atoms with Gasteiger partial charge in [-0.1, -0.05) is 64.5 Å². The third kappa shape index (κ3) is 4.24. The predicted molar refractivity (Wildman–Crippen MR) is 126 cm³/mol. The molecular formula is C24H17BrN2O3S. The molecule has 1 saturated heterocycles. The quantitative estimate of drug-likeness (QED) is 0.420. The van der Waals surface area contributed by atoms with E-state index in [9.17, 15) is 4.79 Å². The summed E-state index contributed by atoms with van der Waals surface area (Å²) in [4.78, 5) is 20.4. The number of fused-ring (bicyclic) bond motifs is 1. The maximum atomic E-state index is 13.3. The first kappa shape index (κ1) is 19.9. The van der Waals surface area contributed by atoms with E-state index >= 15 is 0 Å². The van der Waals surface area contributed by atoms with E-state index in [4.69, 9.17) is 14.5 Å². The molecule has 0 aromatic heterocycles. The molecular weight excluding hydrogens is 476 g/mol. The molecule has 5 nitrogen and oxygen atoms in total. The van der Waals surface area contributed by atoms with Crippen molar-refractivity contribution in [3.63, 3.8) is 0 Å². The summed E-state index contributed by atoms with van der Waals surface area (Å²) >= 11 is 4.94. The highest BCUT2D eigenvalue weighted by Gasteiger charge is 2.33. The van der Waals surface area contributed by atoms with E-state index in [0.717, 1.165) is 21.3 Å². The molecule has 31 heavy (non-hydrogen) atoms. The van der Waals surface area contributed by atoms with Crippen LogP contribution in [0.2, 0.25) is 0 Å². The summed E-state index contributed by atoms with van der Waals surface area (Å²) in [6.45, 7) is 0.659. The molecule has 5 rings (SSSR count). The minimum absolute atomic E-state index is 0.0758. The number of carbonyl (C=O) groups excluding carboxylic acids is 1. The molecule has 1 amide bonds. The van der Waals surface area contributed by atoms with Crippen molar-refractivity contribution in [3.05, 3.63) is 93.3 Å². The van der Waals surface area contributed by atoms with Crippen molar-refractivity contribution >= 4 is 50.5 Å². The molecule has 0 bridgehead atoms. The lowest BCUT2D eigenvalue weighted by molar-refractivity contribution is -0.122. The van der Waals surface area contributed by atoms with Crippen molar-refractivity contribution in [1.82, 2.24) is 4.90 Å². The summed E-state index contributed by atoms with van der Waals surface area (Å²) in [5.74, 6) is 1.29. The minimum Gasteiger partial charge on any atom is -0.454 e. The molecule has 0 saturated carbocycles. The third-order valence-electron chi connectivity index (χ3n) is 4.83. The van der Waals surface area contributed by atoms with Crippen molar-refractivity contribution in [3.8, 4) is 11.5 Å². The predicted octanol–water partition coefficient (Wildman–Crippen LogP) is 5.98. The van der Waals surface area contributed by atoms with Gasteiger partial charge in [0, 0.05) is 4.47 Å². The van der Waals surface area contributed by atoms with Crippen LogP contribution in [0.1, 0.15) is 11.1 Å². The molecule has 0 aliphatic carbocycles. The lowest BCUT2D eigenvalue weighted by Gasteiger charge is -2.15. The van der Waals surface area contributed by atoms with Gasteiger partial charge < -0.3 is 9.47 Å². The van der Waals surface area contributed by atoms with Gasteiger partial charge in [-0.3, -0.25) is 9.69 Å². The maximum absolute atomic E-state index is 13.3. The van der Waals surface area contributed by atoms with Gasteiger partial charge >= 0.3 is 0 Å². The molecule has 0 atom stereocenters. The van der Waals surface area contributed by atoms with Gasteiger partial charge in [-0.15, -0.1) is 0 Å². The van der Waals surface area contributed by atoms with E-state index in [0.29, 0.717) is 28.1 Å². The number of thioether (sulfide) groups is 1. The van der Waals surface area contributed by atoms with Gasteiger partial charge in [0.15, 0.2) is 16.7 Å². The number of amidine groups is 1. The molecule has 0 radical (unpaired) electrons. The van der Waals surface area contributed by atoms with Crippen LogP contribution in [0.3, 0.4) is 0 Å². The van der Waals surface area contributed by atoms with Crippen LogP contribution in [0.15, 0.2) is 87.2 Å². The molecule has 2 aliphatic rings. The molecule has 3 aromatic rings. The van der Waals surface area contributed by atoms with Gasteiger partial charge in [0.05, 0.1) is 17.1 Å². The van der Waals surface area contributed by atoms with Crippen LogP contribution < -0.4 is 9.47 Å². The monoisotopic (exact) mass is 492 g/mol. The fourth-order valence-corrected chi connectivity index (χ4v) is 4.72. The third-order valence-corrected chi connectivity index (χ3v) is 6.52. The Kier molecular flexibility index (Phi) is 5.53. The highest BCUT2D eigenvalue weighted by Crippen LogP contribution is 2.40. The first-order valence-electron chi connectivity index (χ1n) is 9.65. The summed E-state index contributed by atoms with van der Waals surface area (Å²) < 4.78 is 11.7. The Balaban J connectivity index is 1.52. The second-order valence-corrected chi connectivity index (χ2v) is 8.81. The number of hydrogen-bond donors (Lipinski definition) is 0. The molecule has 2 heterocycles. The average molecular weight is 493 g/mol. The normalized spacial score (nSPS) is 17.7. The number of nitrogens with zero attached hydrogens (tertiary/aromatic N) is 2. The molecule has 0 spiro atoms. The van der Waals surface area contributed by atoms with E-state index in [1.54, 1.807) is 4.90 Å². The fourth-order valence-electron chi connectivity index (χ4n) is 3.29. The standard InChI is InChI=1S/C24H17BrN2O3S/c25-19-13-21-20(29-15-30-21)11-17(19)12-22-23(28)27(14-16-7-3-1-4-8-16)24(31-22)26-18-9-5-2-6-10-18/h1-13H,14-15H2/b22-12+,26-24?. The van der Waals surface area contributed by atoms with Crippen LogP contribution in [0.5, 0.6) is 11.5 Å². The van der Waals surface area contributed by atoms with Crippen molar-refractivity contribution in [2.24, 2.45) is 4.99 Å². The zero-order chi connectivity index (χ0) is 21.2. The largest absolute Gasteiger partial charge is 0.454 e. The average Bonchev–Trinajstić information content (AvgIpc) is 3.35. The zero-order valence-corrected chi connectivity index (χ0v) is 18.7. The number of rotatable bonds is 4. The van der Waals surface area contributed by atoms with Crippen molar-refractivity contribution in [2.75, 3.05) is 6.79 Å². The topological polar surface area (TPSA) is 51.1 Å². The van der Waals surface area contributed by atoms with Gasteiger partial charge in [0.25, 0.3) is 5.91 Å². The molecule has 3 aromatic carbocycles. The molecule has 7 heteroatoms. The van der Waals surface area contributed by atoms with Crippen LogP contribution in [0.25, 0.3) is 6.08 Å². The molecule has 154 valence electrons. The van der Waals surface area contributed by atoms with Crippen LogP contribution in [0.4, 0.5) is 5.69 Å². The van der Waals surface area contributed by atoms with Gasteiger partial charge in [-0.2, -0.15) is 0 Å². The SMILES string of the molecule is O=C1/C(=C\c2cc3c(cc2Br)OCO3)SC(=Nc2ccccc2)N1Cc1ccccc1. The van der Waals surface area contributed by atoms with Gasteiger partial charge in [0.2, 0.25) is 6.79 Å². The number of amides is 1. The number of benzene rings is 3. The van der Waals surface area contributed by atoms with E-state index in [2.05, 4.69) is 15.9 Å². The minimum atomic E-state index is -0.0758. The summed E-state index contributed by atoms with van der Waals surface area (Å²) in [6, 6.07) is 23.3. The zero-order valence-electron chi connectivity index (χ0n) is 16.3. The molecule has 0 N–H and O–H groups in total. The van der Waals surface area contributed by atoms with E-state index in [-0.39, 0.29) is 12.7 Å². The van der Waals surface area contributed by atoms with Gasteiger partial charge in [0.1, 0.15) is 0 Å². The molecule has 2 aliphatic heterocycles. The highest BCUT2D eigenvalue weighted by atomic mass is 79.9.